The van der Waals surface area contributed by atoms with E-state index in [1.807, 2.05) is 0 Å². The molecule has 3 rings (SSSR count). The number of nitrogens with zero attached hydrogens (tertiary/aromatic N) is 1. The number of hydrogen-bond acceptors (Lipinski definition) is 2. The summed E-state index contributed by atoms with van der Waals surface area (Å²) in [6.07, 6.45) is 6.63. The van der Waals surface area contributed by atoms with Gasteiger partial charge in [0.1, 0.15) is 0 Å². The maximum Gasteiger partial charge on any atom is -0.00159 e. The van der Waals surface area contributed by atoms with E-state index in [4.69, 9.17) is 0 Å². The van der Waals surface area contributed by atoms with E-state index >= 15 is 0 Å². The first kappa shape index (κ1) is 14.1. The monoisotopic (exact) mass is 272 g/mol. The molecule has 0 bridgehead atoms. The van der Waals surface area contributed by atoms with Crippen LogP contribution >= 0.6 is 0 Å². The highest BCUT2D eigenvalue weighted by Crippen LogP contribution is 2.28. The molecular formula is C18H28N2. The molecule has 110 valence electrons. The molecule has 0 spiro atoms. The molecular weight excluding hydrogens is 244 g/mol. The third kappa shape index (κ3) is 3.62. The molecule has 2 heterocycles. The Hall–Kier alpha value is -0.860. The molecule has 2 fully saturated rings. The largest absolute Gasteiger partial charge is 0.316 e. The summed E-state index contributed by atoms with van der Waals surface area (Å²) < 4.78 is 0. The highest BCUT2D eigenvalue weighted by Gasteiger charge is 2.18. The van der Waals surface area contributed by atoms with Gasteiger partial charge in [0.15, 0.2) is 0 Å². The maximum atomic E-state index is 3.52. The van der Waals surface area contributed by atoms with Gasteiger partial charge in [0, 0.05) is 0 Å². The van der Waals surface area contributed by atoms with Crippen LogP contribution in [0.4, 0.5) is 0 Å². The van der Waals surface area contributed by atoms with Crippen LogP contribution in [-0.4, -0.2) is 38.1 Å². The van der Waals surface area contributed by atoms with Crippen molar-refractivity contribution in [3.63, 3.8) is 0 Å². The van der Waals surface area contributed by atoms with Crippen LogP contribution in [0.3, 0.4) is 0 Å². The van der Waals surface area contributed by atoms with E-state index in [1.165, 1.54) is 63.8 Å². The Balaban J connectivity index is 1.56. The molecule has 0 aromatic heterocycles. The van der Waals surface area contributed by atoms with Gasteiger partial charge in [0.25, 0.3) is 0 Å². The number of hydrogen-bond donors (Lipinski definition) is 1. The van der Waals surface area contributed by atoms with Crippen molar-refractivity contribution < 1.29 is 0 Å². The van der Waals surface area contributed by atoms with Crippen molar-refractivity contribution in [2.45, 2.75) is 38.0 Å². The smallest absolute Gasteiger partial charge is 0.00159 e. The van der Waals surface area contributed by atoms with Crippen LogP contribution in [0.25, 0.3) is 0 Å². The first-order chi connectivity index (χ1) is 9.81. The van der Waals surface area contributed by atoms with Gasteiger partial charge in [0.05, 0.1) is 0 Å². The summed E-state index contributed by atoms with van der Waals surface area (Å²) in [6.45, 7) is 4.92. The van der Waals surface area contributed by atoms with Gasteiger partial charge >= 0.3 is 0 Å². The van der Waals surface area contributed by atoms with Crippen LogP contribution in [0.2, 0.25) is 0 Å². The van der Waals surface area contributed by atoms with E-state index in [0.717, 1.165) is 11.8 Å². The van der Waals surface area contributed by atoms with Gasteiger partial charge in [-0.25, -0.2) is 0 Å². The average molecular weight is 272 g/mol. The molecule has 1 N–H and O–H groups in total. The lowest BCUT2D eigenvalue weighted by Crippen LogP contribution is -2.30. The summed E-state index contributed by atoms with van der Waals surface area (Å²) in [4.78, 5) is 2.45. The van der Waals surface area contributed by atoms with Crippen LogP contribution < -0.4 is 5.32 Å². The van der Waals surface area contributed by atoms with Crippen molar-refractivity contribution in [2.75, 3.05) is 33.2 Å². The summed E-state index contributed by atoms with van der Waals surface area (Å²) in [5, 5.41) is 3.52. The lowest BCUT2D eigenvalue weighted by molar-refractivity contribution is 0.255. The van der Waals surface area contributed by atoms with Crippen LogP contribution in [0.1, 0.15) is 42.7 Å². The maximum absolute atomic E-state index is 3.52. The third-order valence-corrected chi connectivity index (χ3v) is 5.09. The Morgan fingerprint density at radius 2 is 1.85 bits per heavy atom. The topological polar surface area (TPSA) is 15.3 Å². The molecule has 2 heteroatoms. The number of nitrogens with one attached hydrogen (secondary N) is 1. The third-order valence-electron chi connectivity index (χ3n) is 5.09. The van der Waals surface area contributed by atoms with Crippen LogP contribution in [0.15, 0.2) is 24.3 Å². The second-order valence-electron chi connectivity index (χ2n) is 6.74. The average Bonchev–Trinajstić information content (AvgIpc) is 2.50. The van der Waals surface area contributed by atoms with Crippen molar-refractivity contribution in [3.8, 4) is 0 Å². The molecule has 1 atom stereocenters. The number of piperidine rings is 2. The predicted molar refractivity (Wildman–Crippen MR) is 85.2 cm³/mol. The molecule has 1 aromatic rings. The number of benzene rings is 1. The Morgan fingerprint density at radius 1 is 1.10 bits per heavy atom. The predicted octanol–water partition coefficient (Wildman–Crippen LogP) is 3.04. The molecule has 20 heavy (non-hydrogen) atoms. The van der Waals surface area contributed by atoms with Crippen molar-refractivity contribution in [3.05, 3.63) is 35.4 Å². The standard InChI is InChI=1S/C18H28N2/c1-20-11-8-18(9-12-20)17-6-4-15(5-7-17)13-16-3-2-10-19-14-16/h4-7,16,18-19H,2-3,8-14H2,1H3. The van der Waals surface area contributed by atoms with Crippen LogP contribution in [0, 0.1) is 5.92 Å². The van der Waals surface area contributed by atoms with E-state index in [2.05, 4.69) is 41.5 Å². The lowest BCUT2D eigenvalue weighted by Gasteiger charge is -2.29. The zero-order valence-corrected chi connectivity index (χ0v) is 12.8. The number of rotatable bonds is 3. The minimum Gasteiger partial charge on any atom is -0.316 e. The second kappa shape index (κ2) is 6.73. The van der Waals surface area contributed by atoms with Crippen molar-refractivity contribution in [2.24, 2.45) is 5.92 Å². The summed E-state index contributed by atoms with van der Waals surface area (Å²) >= 11 is 0. The molecule has 0 amide bonds. The number of likely N-dealkylation sites (tertiary alicyclic amines) is 1. The van der Waals surface area contributed by atoms with E-state index < -0.39 is 0 Å². The van der Waals surface area contributed by atoms with Gasteiger partial charge in [-0.05, 0) is 88.3 Å². The highest BCUT2D eigenvalue weighted by atomic mass is 15.1. The fourth-order valence-electron chi connectivity index (χ4n) is 3.70. The molecule has 0 aliphatic carbocycles. The molecule has 2 aliphatic rings. The first-order valence-electron chi connectivity index (χ1n) is 8.29. The first-order valence-corrected chi connectivity index (χ1v) is 8.29. The summed E-state index contributed by atoms with van der Waals surface area (Å²) in [6, 6.07) is 9.54. The fourth-order valence-corrected chi connectivity index (χ4v) is 3.70. The zero-order valence-electron chi connectivity index (χ0n) is 12.8. The zero-order chi connectivity index (χ0) is 13.8. The van der Waals surface area contributed by atoms with Gasteiger partial charge in [0.2, 0.25) is 0 Å². The summed E-state index contributed by atoms with van der Waals surface area (Å²) in [5.41, 5.74) is 3.08. The quantitative estimate of drug-likeness (QED) is 0.910. The minimum atomic E-state index is 0.789. The van der Waals surface area contributed by atoms with Gasteiger partial charge in [-0.15, -0.1) is 0 Å². The Morgan fingerprint density at radius 3 is 2.50 bits per heavy atom. The van der Waals surface area contributed by atoms with Gasteiger partial charge in [-0.3, -0.25) is 0 Å². The molecule has 0 radical (unpaired) electrons. The molecule has 0 saturated carbocycles. The SMILES string of the molecule is CN1CCC(c2ccc(CC3CCCNC3)cc2)CC1. The molecule has 1 unspecified atom stereocenters. The van der Waals surface area contributed by atoms with E-state index in [0.29, 0.717) is 0 Å². The molecule has 1 aromatic carbocycles. The highest BCUT2D eigenvalue weighted by molar-refractivity contribution is 5.26. The van der Waals surface area contributed by atoms with Gasteiger partial charge < -0.3 is 10.2 Å². The summed E-state index contributed by atoms with van der Waals surface area (Å²) in [5.74, 6) is 1.63. The van der Waals surface area contributed by atoms with Gasteiger partial charge in [-0.1, -0.05) is 24.3 Å². The van der Waals surface area contributed by atoms with Crippen molar-refractivity contribution in [1.29, 1.82) is 0 Å². The Bertz CT molecular complexity index is 398. The molecule has 2 nitrogen and oxygen atoms in total. The minimum absolute atomic E-state index is 0.789. The Labute approximate surface area is 123 Å². The molecule has 2 saturated heterocycles. The van der Waals surface area contributed by atoms with E-state index in [9.17, 15) is 0 Å². The van der Waals surface area contributed by atoms with Crippen molar-refractivity contribution in [1.82, 2.24) is 10.2 Å². The van der Waals surface area contributed by atoms with Crippen molar-refractivity contribution >= 4 is 0 Å². The lowest BCUT2D eigenvalue weighted by atomic mass is 9.87. The van der Waals surface area contributed by atoms with Gasteiger partial charge in [-0.2, -0.15) is 0 Å². The van der Waals surface area contributed by atoms with E-state index in [1.54, 1.807) is 5.56 Å². The van der Waals surface area contributed by atoms with E-state index in [-0.39, 0.29) is 0 Å². The van der Waals surface area contributed by atoms with Crippen LogP contribution in [0.5, 0.6) is 0 Å². The fraction of sp³-hybridized carbons (Fsp3) is 0.667. The summed E-state index contributed by atoms with van der Waals surface area (Å²) in [7, 11) is 2.23. The Kier molecular flexibility index (Phi) is 4.74. The molecule has 2 aliphatic heterocycles. The normalized spacial score (nSPS) is 25.8. The van der Waals surface area contributed by atoms with Crippen LogP contribution in [-0.2, 0) is 6.42 Å². The second-order valence-corrected chi connectivity index (χ2v) is 6.74.